The number of rotatable bonds is 2. The second kappa shape index (κ2) is 5.73. The van der Waals surface area contributed by atoms with Gasteiger partial charge in [-0.15, -0.1) is 11.3 Å². The van der Waals surface area contributed by atoms with Crippen molar-refractivity contribution in [1.29, 1.82) is 0 Å². The van der Waals surface area contributed by atoms with Gasteiger partial charge in [0.15, 0.2) is 0 Å². The van der Waals surface area contributed by atoms with Crippen molar-refractivity contribution in [2.75, 3.05) is 6.61 Å². The Balaban J connectivity index is 1.83. The number of aromatic nitrogens is 1. The molecule has 24 heavy (non-hydrogen) atoms. The molecule has 0 radical (unpaired) electrons. The van der Waals surface area contributed by atoms with E-state index in [0.29, 0.717) is 12.6 Å². The maximum absolute atomic E-state index is 12.7. The highest BCUT2D eigenvalue weighted by Crippen LogP contribution is 2.52. The third-order valence-corrected chi connectivity index (χ3v) is 7.01. The normalized spacial score (nSPS) is 26.1. The highest BCUT2D eigenvalue weighted by atomic mass is 32.1. The summed E-state index contributed by atoms with van der Waals surface area (Å²) in [6.07, 6.45) is 5.16. The quantitative estimate of drug-likeness (QED) is 0.777. The van der Waals surface area contributed by atoms with Crippen LogP contribution < -0.4 is 0 Å². The van der Waals surface area contributed by atoms with Crippen LogP contribution in [0.2, 0.25) is 0 Å². The molecular weight excluding hydrogens is 320 g/mol. The fourth-order valence-electron chi connectivity index (χ4n) is 4.41. The van der Waals surface area contributed by atoms with Crippen LogP contribution in [0.5, 0.6) is 0 Å². The molecule has 128 valence electrons. The number of ether oxygens (including phenoxy) is 1. The molecule has 2 saturated heterocycles. The number of carbonyl (C=O) groups excluding carboxylic acids is 1. The standard InChI is InChI=1S/C19H24N2O2S/c1-4-23-18(22)21-14-6-5-10-19(21,11-9-14)17-20-16-13(3)12(2)7-8-15(16)24-17/h7-8,14H,4-6,9-11H2,1-3H3. The van der Waals surface area contributed by atoms with Crippen LogP contribution in [0.15, 0.2) is 12.1 Å². The van der Waals surface area contributed by atoms with E-state index in [1.165, 1.54) is 15.8 Å². The number of carbonyl (C=O) groups is 1. The molecule has 2 fully saturated rings. The van der Waals surface area contributed by atoms with E-state index in [4.69, 9.17) is 9.72 Å². The molecular formula is C19H24N2O2S. The van der Waals surface area contributed by atoms with Gasteiger partial charge in [-0.3, -0.25) is 4.90 Å². The van der Waals surface area contributed by atoms with Crippen LogP contribution in [-0.2, 0) is 10.3 Å². The van der Waals surface area contributed by atoms with Gasteiger partial charge in [0.05, 0.1) is 22.4 Å². The van der Waals surface area contributed by atoms with Crippen LogP contribution in [0, 0.1) is 13.8 Å². The first kappa shape index (κ1) is 15.9. The summed E-state index contributed by atoms with van der Waals surface area (Å²) in [4.78, 5) is 19.7. The fourth-order valence-corrected chi connectivity index (χ4v) is 5.68. The molecule has 0 spiro atoms. The number of hydrogen-bond acceptors (Lipinski definition) is 4. The molecule has 4 rings (SSSR count). The van der Waals surface area contributed by atoms with E-state index in [9.17, 15) is 4.79 Å². The summed E-state index contributed by atoms with van der Waals surface area (Å²) in [5.41, 5.74) is 3.37. The minimum absolute atomic E-state index is 0.160. The molecule has 2 atom stereocenters. The molecule has 2 aliphatic heterocycles. The maximum Gasteiger partial charge on any atom is 0.410 e. The van der Waals surface area contributed by atoms with Gasteiger partial charge in [0.2, 0.25) is 0 Å². The molecule has 1 aromatic heterocycles. The summed E-state index contributed by atoms with van der Waals surface area (Å²) < 4.78 is 6.61. The molecule has 5 heteroatoms. The minimum Gasteiger partial charge on any atom is -0.450 e. The molecule has 0 aliphatic carbocycles. The van der Waals surface area contributed by atoms with Crippen LogP contribution >= 0.6 is 11.3 Å². The highest BCUT2D eigenvalue weighted by Gasteiger charge is 2.54. The Morgan fingerprint density at radius 3 is 3.00 bits per heavy atom. The Bertz CT molecular complexity index is 796. The first-order valence-electron chi connectivity index (χ1n) is 8.90. The molecule has 4 nitrogen and oxygen atoms in total. The fraction of sp³-hybridized carbons (Fsp3) is 0.579. The van der Waals surface area contributed by atoms with Crippen molar-refractivity contribution >= 4 is 27.6 Å². The molecule has 2 aromatic rings. The van der Waals surface area contributed by atoms with Gasteiger partial charge in [-0.05, 0) is 70.1 Å². The van der Waals surface area contributed by atoms with Gasteiger partial charge < -0.3 is 4.74 Å². The third kappa shape index (κ3) is 2.17. The zero-order chi connectivity index (χ0) is 16.9. The Hall–Kier alpha value is -1.62. The summed E-state index contributed by atoms with van der Waals surface area (Å²) >= 11 is 1.76. The van der Waals surface area contributed by atoms with Crippen LogP contribution in [-0.4, -0.2) is 28.6 Å². The van der Waals surface area contributed by atoms with Gasteiger partial charge in [0, 0.05) is 6.04 Å². The molecule has 0 N–H and O–H groups in total. The number of fused-ring (bicyclic) bond motifs is 3. The Morgan fingerprint density at radius 2 is 2.21 bits per heavy atom. The van der Waals surface area contributed by atoms with E-state index in [1.807, 2.05) is 11.8 Å². The summed E-state index contributed by atoms with van der Waals surface area (Å²) in [6.45, 7) is 6.57. The van der Waals surface area contributed by atoms with Gasteiger partial charge >= 0.3 is 6.09 Å². The number of nitrogens with zero attached hydrogens (tertiary/aromatic N) is 2. The van der Waals surface area contributed by atoms with Gasteiger partial charge in [-0.2, -0.15) is 0 Å². The monoisotopic (exact) mass is 344 g/mol. The van der Waals surface area contributed by atoms with E-state index < -0.39 is 0 Å². The molecule has 0 saturated carbocycles. The average Bonchev–Trinajstić information content (AvgIpc) is 3.10. The minimum atomic E-state index is -0.251. The Morgan fingerprint density at radius 1 is 1.38 bits per heavy atom. The van der Waals surface area contributed by atoms with Crippen LogP contribution in [0.25, 0.3) is 10.2 Å². The number of piperidine rings is 1. The SMILES string of the molecule is CCOC(=O)N1C2CCCC1(c1nc3c(C)c(C)ccc3s1)CC2. The first-order chi connectivity index (χ1) is 11.6. The van der Waals surface area contributed by atoms with Crippen molar-refractivity contribution in [2.24, 2.45) is 0 Å². The van der Waals surface area contributed by atoms with Crippen molar-refractivity contribution in [3.63, 3.8) is 0 Å². The zero-order valence-electron chi connectivity index (χ0n) is 14.6. The van der Waals surface area contributed by atoms with Gasteiger partial charge in [0.1, 0.15) is 5.01 Å². The van der Waals surface area contributed by atoms with E-state index in [-0.39, 0.29) is 11.6 Å². The molecule has 2 bridgehead atoms. The summed E-state index contributed by atoms with van der Waals surface area (Å²) in [5.74, 6) is 0. The number of benzene rings is 1. The smallest absolute Gasteiger partial charge is 0.410 e. The average molecular weight is 344 g/mol. The topological polar surface area (TPSA) is 42.4 Å². The lowest BCUT2D eigenvalue weighted by Crippen LogP contribution is -2.51. The second-order valence-electron chi connectivity index (χ2n) is 7.06. The van der Waals surface area contributed by atoms with Gasteiger partial charge in [0.25, 0.3) is 0 Å². The zero-order valence-corrected chi connectivity index (χ0v) is 15.4. The predicted molar refractivity (Wildman–Crippen MR) is 96.5 cm³/mol. The number of thiazole rings is 1. The Labute approximate surface area is 146 Å². The number of amides is 1. The summed E-state index contributed by atoms with van der Waals surface area (Å²) in [6, 6.07) is 4.64. The number of hydrogen-bond donors (Lipinski definition) is 0. The summed E-state index contributed by atoms with van der Waals surface area (Å²) in [5, 5.41) is 1.10. The molecule has 1 aromatic carbocycles. The van der Waals surface area contributed by atoms with Gasteiger partial charge in [-0.25, -0.2) is 9.78 Å². The van der Waals surface area contributed by atoms with Crippen molar-refractivity contribution in [3.8, 4) is 0 Å². The van der Waals surface area contributed by atoms with Crippen molar-refractivity contribution in [3.05, 3.63) is 28.3 Å². The van der Waals surface area contributed by atoms with Gasteiger partial charge in [-0.1, -0.05) is 6.07 Å². The first-order valence-corrected chi connectivity index (χ1v) is 9.72. The lowest BCUT2D eigenvalue weighted by molar-refractivity contribution is 0.0306. The lowest BCUT2D eigenvalue weighted by atomic mass is 9.89. The van der Waals surface area contributed by atoms with Crippen LogP contribution in [0.4, 0.5) is 4.79 Å². The molecule has 3 heterocycles. The maximum atomic E-state index is 12.7. The van der Waals surface area contributed by atoms with E-state index in [1.54, 1.807) is 11.3 Å². The second-order valence-corrected chi connectivity index (χ2v) is 8.09. The third-order valence-electron chi connectivity index (χ3n) is 5.79. The largest absolute Gasteiger partial charge is 0.450 e. The number of aryl methyl sites for hydroxylation is 2. The van der Waals surface area contributed by atoms with E-state index >= 15 is 0 Å². The molecule has 2 unspecified atom stereocenters. The molecule has 1 amide bonds. The van der Waals surface area contributed by atoms with Crippen LogP contribution in [0.1, 0.15) is 55.2 Å². The molecule has 2 aliphatic rings. The van der Waals surface area contributed by atoms with Crippen LogP contribution in [0.3, 0.4) is 0 Å². The van der Waals surface area contributed by atoms with E-state index in [0.717, 1.165) is 42.6 Å². The summed E-state index contributed by atoms with van der Waals surface area (Å²) in [7, 11) is 0. The van der Waals surface area contributed by atoms with E-state index in [2.05, 4.69) is 26.0 Å². The van der Waals surface area contributed by atoms with Crippen molar-refractivity contribution in [1.82, 2.24) is 9.88 Å². The highest BCUT2D eigenvalue weighted by molar-refractivity contribution is 7.18. The van der Waals surface area contributed by atoms with Crippen molar-refractivity contribution < 1.29 is 9.53 Å². The predicted octanol–water partition coefficient (Wildman–Crippen LogP) is 4.91. The lowest BCUT2D eigenvalue weighted by Gasteiger charge is -2.42. The van der Waals surface area contributed by atoms with Crippen molar-refractivity contribution in [2.45, 2.75) is 64.5 Å². The Kier molecular flexibility index (Phi) is 3.79.